The molecule has 4 rings (SSSR count). The summed E-state index contributed by atoms with van der Waals surface area (Å²) >= 11 is 5.03. The Balaban J connectivity index is 1.64. The average Bonchev–Trinajstić information content (AvgIpc) is 2.73. The van der Waals surface area contributed by atoms with E-state index in [0.29, 0.717) is 24.5 Å². The zero-order chi connectivity index (χ0) is 19.7. The topological polar surface area (TPSA) is 56.6 Å². The molecule has 7 heteroatoms. The normalized spacial score (nSPS) is 19.3. The summed E-state index contributed by atoms with van der Waals surface area (Å²) in [5.74, 6) is 1.33. The van der Waals surface area contributed by atoms with Crippen LogP contribution in [0.3, 0.4) is 0 Å². The van der Waals surface area contributed by atoms with Crippen molar-refractivity contribution in [3.8, 4) is 11.8 Å². The number of halogens is 1. The molecule has 1 atom stereocenters. The number of anilines is 1. The van der Waals surface area contributed by atoms with E-state index in [1.807, 2.05) is 48.5 Å². The minimum atomic E-state index is -0.193. The van der Waals surface area contributed by atoms with E-state index in [1.165, 1.54) is 0 Å². The smallest absolute Gasteiger partial charge is 0.229 e. The lowest BCUT2D eigenvalue weighted by atomic mass is 9.86. The van der Waals surface area contributed by atoms with Crippen molar-refractivity contribution in [1.29, 1.82) is 5.26 Å². The van der Waals surface area contributed by atoms with Gasteiger partial charge in [-0.05, 0) is 42.0 Å². The summed E-state index contributed by atoms with van der Waals surface area (Å²) in [6.07, 6.45) is 0.305. The number of carbonyl (C=O) groups excluding carboxylic acids is 1. The van der Waals surface area contributed by atoms with Gasteiger partial charge in [0.15, 0.2) is 0 Å². The lowest BCUT2D eigenvalue weighted by Crippen LogP contribution is -2.47. The van der Waals surface area contributed by atoms with Gasteiger partial charge in [0.1, 0.15) is 5.75 Å². The number of nitrogens with zero attached hydrogens (tertiary/aromatic N) is 3. The number of ether oxygens (including phenoxy) is 1. The molecule has 2 heterocycles. The number of carbonyl (C=O) groups is 1. The van der Waals surface area contributed by atoms with Crippen molar-refractivity contribution in [3.05, 3.63) is 69.2 Å². The van der Waals surface area contributed by atoms with E-state index in [2.05, 4.69) is 26.9 Å². The summed E-state index contributed by atoms with van der Waals surface area (Å²) in [6, 6.07) is 18.0. The molecule has 0 bridgehead atoms. The van der Waals surface area contributed by atoms with Gasteiger partial charge in [-0.1, -0.05) is 39.8 Å². The minimum Gasteiger partial charge on any atom is -0.497 e. The number of thioether (sulfide) groups is 1. The maximum atomic E-state index is 12.9. The summed E-state index contributed by atoms with van der Waals surface area (Å²) in [6.45, 7) is 0.448. The highest BCUT2D eigenvalue weighted by Gasteiger charge is 2.38. The van der Waals surface area contributed by atoms with Crippen LogP contribution in [0, 0.1) is 11.3 Å². The monoisotopic (exact) mass is 455 g/mol. The van der Waals surface area contributed by atoms with E-state index in [0.717, 1.165) is 26.5 Å². The van der Waals surface area contributed by atoms with Crippen molar-refractivity contribution < 1.29 is 9.53 Å². The molecule has 0 aliphatic carbocycles. The summed E-state index contributed by atoms with van der Waals surface area (Å²) in [5, 5.41) is 10.6. The third-order valence-corrected chi connectivity index (χ3v) is 6.63. The summed E-state index contributed by atoms with van der Waals surface area (Å²) in [4.78, 5) is 16.8. The van der Waals surface area contributed by atoms with Crippen LogP contribution in [0.2, 0.25) is 0 Å². The standard InChI is InChI=1S/C21H18BrN3O2S/c1-27-17-7-5-16(6-8-17)24-12-25-20(26)10-18(14-3-2-4-15(22)9-14)19(11-23)21(25)28-13-24/h2-9,18H,10,12-13H2,1H3/t18-/m1/s1. The molecule has 2 aromatic rings. The van der Waals surface area contributed by atoms with Crippen molar-refractivity contribution >= 4 is 39.3 Å². The molecule has 0 saturated carbocycles. The second-order valence-electron chi connectivity index (χ2n) is 6.62. The first kappa shape index (κ1) is 18.9. The number of benzene rings is 2. The molecule has 5 nitrogen and oxygen atoms in total. The van der Waals surface area contributed by atoms with E-state index in [9.17, 15) is 10.1 Å². The third-order valence-electron chi connectivity index (χ3n) is 4.98. The van der Waals surface area contributed by atoms with E-state index >= 15 is 0 Å². The number of nitriles is 1. The van der Waals surface area contributed by atoms with Gasteiger partial charge in [0, 0.05) is 22.5 Å². The highest BCUT2D eigenvalue weighted by Crippen LogP contribution is 2.43. The molecule has 2 aliphatic rings. The molecular formula is C21H18BrN3O2S. The first-order valence-electron chi connectivity index (χ1n) is 8.82. The quantitative estimate of drug-likeness (QED) is 0.672. The molecule has 0 spiro atoms. The first-order valence-corrected chi connectivity index (χ1v) is 10.6. The van der Waals surface area contributed by atoms with Gasteiger partial charge in [-0.2, -0.15) is 5.26 Å². The molecule has 142 valence electrons. The van der Waals surface area contributed by atoms with Crippen LogP contribution < -0.4 is 9.64 Å². The number of methoxy groups -OCH3 is 1. The molecule has 2 aliphatic heterocycles. The summed E-state index contributed by atoms with van der Waals surface area (Å²) in [7, 11) is 1.64. The van der Waals surface area contributed by atoms with Gasteiger partial charge in [0.2, 0.25) is 5.91 Å². The number of hydrogen-bond acceptors (Lipinski definition) is 5. The number of amides is 1. The maximum absolute atomic E-state index is 12.9. The SMILES string of the molecule is COc1ccc(N2CSC3=C(C#N)[C@@H](c4cccc(Br)c4)CC(=O)N3C2)cc1. The van der Waals surface area contributed by atoms with Crippen LogP contribution in [0.25, 0.3) is 0 Å². The van der Waals surface area contributed by atoms with Crippen LogP contribution in [0.15, 0.2) is 63.6 Å². The van der Waals surface area contributed by atoms with Crippen LogP contribution in [0.4, 0.5) is 5.69 Å². The largest absolute Gasteiger partial charge is 0.497 e. The summed E-state index contributed by atoms with van der Waals surface area (Å²) in [5.41, 5.74) is 2.69. The Morgan fingerprint density at radius 1 is 1.25 bits per heavy atom. The van der Waals surface area contributed by atoms with Gasteiger partial charge >= 0.3 is 0 Å². The Morgan fingerprint density at radius 3 is 2.71 bits per heavy atom. The molecule has 2 aromatic carbocycles. The van der Waals surface area contributed by atoms with Crippen molar-refractivity contribution in [1.82, 2.24) is 4.90 Å². The highest BCUT2D eigenvalue weighted by molar-refractivity contribution is 9.10. The Kier molecular flexibility index (Phi) is 5.33. The maximum Gasteiger partial charge on any atom is 0.229 e. The zero-order valence-corrected chi connectivity index (χ0v) is 17.7. The van der Waals surface area contributed by atoms with E-state index in [-0.39, 0.29) is 11.8 Å². The third kappa shape index (κ3) is 3.50. The van der Waals surface area contributed by atoms with E-state index < -0.39 is 0 Å². The second-order valence-corrected chi connectivity index (χ2v) is 8.47. The molecular weight excluding hydrogens is 438 g/mol. The Morgan fingerprint density at radius 2 is 2.04 bits per heavy atom. The molecule has 1 saturated heterocycles. The van der Waals surface area contributed by atoms with Gasteiger partial charge in [-0.25, -0.2) is 0 Å². The van der Waals surface area contributed by atoms with Gasteiger partial charge in [-0.15, -0.1) is 0 Å². The highest BCUT2D eigenvalue weighted by atomic mass is 79.9. The van der Waals surface area contributed by atoms with Gasteiger partial charge in [-0.3, -0.25) is 9.69 Å². The number of fused-ring (bicyclic) bond motifs is 1. The van der Waals surface area contributed by atoms with Crippen LogP contribution in [0.5, 0.6) is 5.75 Å². The minimum absolute atomic E-state index is 0.0460. The number of rotatable bonds is 3. The molecule has 0 radical (unpaired) electrons. The van der Waals surface area contributed by atoms with Gasteiger partial charge in [0.05, 0.1) is 36.3 Å². The molecule has 1 fully saturated rings. The Hall–Kier alpha value is -2.43. The fourth-order valence-corrected chi connectivity index (χ4v) is 5.11. The zero-order valence-electron chi connectivity index (χ0n) is 15.3. The van der Waals surface area contributed by atoms with Crippen molar-refractivity contribution in [2.24, 2.45) is 0 Å². The first-order chi connectivity index (χ1) is 13.6. The van der Waals surface area contributed by atoms with E-state index in [4.69, 9.17) is 4.74 Å². The number of allylic oxidation sites excluding steroid dienone is 1. The molecule has 1 amide bonds. The van der Waals surface area contributed by atoms with E-state index in [1.54, 1.807) is 23.8 Å². The number of hydrogen-bond donors (Lipinski definition) is 0. The molecule has 0 unspecified atom stereocenters. The average molecular weight is 456 g/mol. The van der Waals surface area contributed by atoms with Gasteiger partial charge in [0.25, 0.3) is 0 Å². The summed E-state index contributed by atoms with van der Waals surface area (Å²) < 4.78 is 6.16. The lowest BCUT2D eigenvalue weighted by Gasteiger charge is -2.42. The molecule has 0 N–H and O–H groups in total. The van der Waals surface area contributed by atoms with Crippen LogP contribution >= 0.6 is 27.7 Å². The molecule has 28 heavy (non-hydrogen) atoms. The Labute approximate surface area is 176 Å². The fraction of sp³-hybridized carbons (Fsp3) is 0.238. The van der Waals surface area contributed by atoms with Crippen LogP contribution in [-0.4, -0.2) is 30.5 Å². The lowest BCUT2D eigenvalue weighted by molar-refractivity contribution is -0.129. The van der Waals surface area contributed by atoms with Crippen molar-refractivity contribution in [2.75, 3.05) is 24.6 Å². The van der Waals surface area contributed by atoms with Crippen LogP contribution in [-0.2, 0) is 4.79 Å². The van der Waals surface area contributed by atoms with Crippen molar-refractivity contribution in [3.63, 3.8) is 0 Å². The van der Waals surface area contributed by atoms with Gasteiger partial charge < -0.3 is 9.64 Å². The second kappa shape index (κ2) is 7.90. The molecule has 0 aromatic heterocycles. The van der Waals surface area contributed by atoms with Crippen LogP contribution in [0.1, 0.15) is 17.9 Å². The predicted octanol–water partition coefficient (Wildman–Crippen LogP) is 4.68. The van der Waals surface area contributed by atoms with Crippen molar-refractivity contribution in [2.45, 2.75) is 12.3 Å². The fourth-order valence-electron chi connectivity index (χ4n) is 3.53. The predicted molar refractivity (Wildman–Crippen MR) is 114 cm³/mol. The Bertz CT molecular complexity index is 984.